The first-order valence-electron chi connectivity index (χ1n) is 5.63. The Morgan fingerprint density at radius 3 is 3.07 bits per heavy atom. The van der Waals surface area contributed by atoms with Crippen molar-refractivity contribution in [1.82, 2.24) is 5.32 Å². The first-order chi connectivity index (χ1) is 7.31. The number of ether oxygens (including phenoxy) is 1. The van der Waals surface area contributed by atoms with Crippen LogP contribution < -0.4 is 5.32 Å². The van der Waals surface area contributed by atoms with Gasteiger partial charge >= 0.3 is 0 Å². The molecule has 1 saturated carbocycles. The highest BCUT2D eigenvalue weighted by molar-refractivity contribution is 5.04. The molecular weight excluding hydrogens is 190 g/mol. The van der Waals surface area contributed by atoms with Crippen LogP contribution in [0.15, 0.2) is 22.8 Å². The molecule has 1 heterocycles. The number of rotatable bonds is 4. The molecule has 3 heteroatoms. The lowest BCUT2D eigenvalue weighted by Gasteiger charge is -2.23. The Hall–Kier alpha value is -0.800. The SMILES string of the molecule is COC1CCCC1NC(C)c1ccco1. The van der Waals surface area contributed by atoms with Crippen LogP contribution in [0.2, 0.25) is 0 Å². The van der Waals surface area contributed by atoms with Gasteiger partial charge in [-0.1, -0.05) is 0 Å². The smallest absolute Gasteiger partial charge is 0.120 e. The molecule has 1 aliphatic rings. The first kappa shape index (κ1) is 10.7. The number of hydrogen-bond donors (Lipinski definition) is 1. The van der Waals surface area contributed by atoms with Gasteiger partial charge in [-0.25, -0.2) is 0 Å². The first-order valence-corrected chi connectivity index (χ1v) is 5.63. The monoisotopic (exact) mass is 209 g/mol. The molecule has 15 heavy (non-hydrogen) atoms. The summed E-state index contributed by atoms with van der Waals surface area (Å²) in [6.45, 7) is 2.13. The summed E-state index contributed by atoms with van der Waals surface area (Å²) in [6, 6.07) is 4.67. The van der Waals surface area contributed by atoms with Gasteiger partial charge in [0.25, 0.3) is 0 Å². The average molecular weight is 209 g/mol. The number of hydrogen-bond acceptors (Lipinski definition) is 3. The molecule has 0 amide bonds. The zero-order valence-corrected chi connectivity index (χ0v) is 9.40. The average Bonchev–Trinajstić information content (AvgIpc) is 2.87. The standard InChI is InChI=1S/C12H19NO2/c1-9(11-7-4-8-15-11)13-10-5-3-6-12(10)14-2/h4,7-10,12-13H,3,5-6H2,1-2H3. The molecule has 3 unspecified atom stereocenters. The van der Waals surface area contributed by atoms with Gasteiger partial charge in [-0.15, -0.1) is 0 Å². The van der Waals surface area contributed by atoms with Gasteiger partial charge in [0, 0.05) is 13.2 Å². The minimum atomic E-state index is 0.265. The Balaban J connectivity index is 1.91. The normalized spacial score (nSPS) is 28.1. The molecule has 0 aromatic carbocycles. The molecule has 1 fully saturated rings. The summed E-state index contributed by atoms with van der Waals surface area (Å²) in [7, 11) is 1.79. The van der Waals surface area contributed by atoms with E-state index in [0.29, 0.717) is 12.1 Å². The molecule has 3 nitrogen and oxygen atoms in total. The van der Waals surface area contributed by atoms with E-state index in [2.05, 4.69) is 12.2 Å². The maximum Gasteiger partial charge on any atom is 0.120 e. The second-order valence-electron chi connectivity index (χ2n) is 4.22. The molecule has 1 aliphatic carbocycles. The minimum absolute atomic E-state index is 0.265. The molecule has 0 aliphatic heterocycles. The second-order valence-corrected chi connectivity index (χ2v) is 4.22. The van der Waals surface area contributed by atoms with E-state index in [1.165, 1.54) is 19.3 Å². The molecule has 1 aromatic heterocycles. The van der Waals surface area contributed by atoms with Crippen LogP contribution in [0.1, 0.15) is 38.0 Å². The van der Waals surface area contributed by atoms with Gasteiger partial charge in [0.2, 0.25) is 0 Å². The maximum absolute atomic E-state index is 5.45. The summed E-state index contributed by atoms with van der Waals surface area (Å²) in [6.07, 6.45) is 5.70. The topological polar surface area (TPSA) is 34.4 Å². The summed E-state index contributed by atoms with van der Waals surface area (Å²) in [5.41, 5.74) is 0. The van der Waals surface area contributed by atoms with Crippen molar-refractivity contribution < 1.29 is 9.15 Å². The Labute approximate surface area is 90.8 Å². The lowest BCUT2D eigenvalue weighted by molar-refractivity contribution is 0.0810. The Morgan fingerprint density at radius 1 is 1.53 bits per heavy atom. The number of methoxy groups -OCH3 is 1. The van der Waals surface area contributed by atoms with Gasteiger partial charge in [0.15, 0.2) is 0 Å². The molecule has 0 radical (unpaired) electrons. The Kier molecular flexibility index (Phi) is 3.44. The van der Waals surface area contributed by atoms with Crippen LogP contribution in [0, 0.1) is 0 Å². The van der Waals surface area contributed by atoms with Crippen LogP contribution in [0.4, 0.5) is 0 Å². The Morgan fingerprint density at radius 2 is 2.40 bits per heavy atom. The van der Waals surface area contributed by atoms with E-state index < -0.39 is 0 Å². The largest absolute Gasteiger partial charge is 0.468 e. The van der Waals surface area contributed by atoms with Gasteiger partial charge in [-0.2, -0.15) is 0 Å². The fraction of sp³-hybridized carbons (Fsp3) is 0.667. The van der Waals surface area contributed by atoms with Crippen molar-refractivity contribution in [2.24, 2.45) is 0 Å². The zero-order valence-electron chi connectivity index (χ0n) is 9.40. The highest BCUT2D eigenvalue weighted by Crippen LogP contribution is 2.24. The van der Waals surface area contributed by atoms with E-state index in [0.717, 1.165) is 5.76 Å². The molecule has 0 bridgehead atoms. The van der Waals surface area contributed by atoms with Crippen molar-refractivity contribution in [2.75, 3.05) is 7.11 Å². The lowest BCUT2D eigenvalue weighted by Crippen LogP contribution is -2.38. The van der Waals surface area contributed by atoms with Crippen LogP contribution in [-0.4, -0.2) is 19.3 Å². The molecule has 1 N–H and O–H groups in total. The van der Waals surface area contributed by atoms with Crippen LogP contribution >= 0.6 is 0 Å². The lowest BCUT2D eigenvalue weighted by atomic mass is 10.1. The fourth-order valence-corrected chi connectivity index (χ4v) is 2.34. The van der Waals surface area contributed by atoms with Crippen molar-refractivity contribution in [1.29, 1.82) is 0 Å². The zero-order chi connectivity index (χ0) is 10.7. The summed E-state index contributed by atoms with van der Waals surface area (Å²) < 4.78 is 10.8. The highest BCUT2D eigenvalue weighted by atomic mass is 16.5. The van der Waals surface area contributed by atoms with Crippen molar-refractivity contribution >= 4 is 0 Å². The van der Waals surface area contributed by atoms with Gasteiger partial charge in [-0.3, -0.25) is 0 Å². The third-order valence-corrected chi connectivity index (χ3v) is 3.19. The molecule has 0 saturated heterocycles. The van der Waals surface area contributed by atoms with E-state index in [4.69, 9.17) is 9.15 Å². The molecule has 3 atom stereocenters. The molecule has 0 spiro atoms. The van der Waals surface area contributed by atoms with E-state index in [1.54, 1.807) is 13.4 Å². The third-order valence-electron chi connectivity index (χ3n) is 3.19. The van der Waals surface area contributed by atoms with Gasteiger partial charge in [0.1, 0.15) is 5.76 Å². The molecule has 1 aromatic rings. The Bertz CT molecular complexity index is 284. The second kappa shape index (κ2) is 4.81. The summed E-state index contributed by atoms with van der Waals surface area (Å²) in [5, 5.41) is 3.56. The van der Waals surface area contributed by atoms with Crippen LogP contribution in [0.3, 0.4) is 0 Å². The predicted octanol–water partition coefficient (Wildman–Crippen LogP) is 2.50. The highest BCUT2D eigenvalue weighted by Gasteiger charge is 2.28. The van der Waals surface area contributed by atoms with Crippen molar-refractivity contribution in [2.45, 2.75) is 44.4 Å². The maximum atomic E-state index is 5.45. The quantitative estimate of drug-likeness (QED) is 0.827. The van der Waals surface area contributed by atoms with Crippen LogP contribution in [0.25, 0.3) is 0 Å². The summed E-state index contributed by atoms with van der Waals surface area (Å²) in [5.74, 6) is 0.997. The van der Waals surface area contributed by atoms with E-state index in [9.17, 15) is 0 Å². The van der Waals surface area contributed by atoms with Crippen molar-refractivity contribution in [3.63, 3.8) is 0 Å². The molecular formula is C12H19NO2. The fourth-order valence-electron chi connectivity index (χ4n) is 2.34. The molecule has 2 rings (SSSR count). The summed E-state index contributed by atoms with van der Waals surface area (Å²) in [4.78, 5) is 0. The minimum Gasteiger partial charge on any atom is -0.468 e. The van der Waals surface area contributed by atoms with E-state index in [1.807, 2.05) is 12.1 Å². The molecule has 84 valence electrons. The van der Waals surface area contributed by atoms with E-state index in [-0.39, 0.29) is 6.04 Å². The van der Waals surface area contributed by atoms with Crippen molar-refractivity contribution in [3.05, 3.63) is 24.2 Å². The van der Waals surface area contributed by atoms with Crippen molar-refractivity contribution in [3.8, 4) is 0 Å². The van der Waals surface area contributed by atoms with Gasteiger partial charge in [0.05, 0.1) is 18.4 Å². The van der Waals surface area contributed by atoms with Gasteiger partial charge in [-0.05, 0) is 38.3 Å². The van der Waals surface area contributed by atoms with E-state index >= 15 is 0 Å². The third kappa shape index (κ3) is 2.41. The van der Waals surface area contributed by atoms with Crippen LogP contribution in [-0.2, 0) is 4.74 Å². The number of furan rings is 1. The summed E-state index contributed by atoms with van der Waals surface area (Å²) >= 11 is 0. The van der Waals surface area contributed by atoms with Crippen LogP contribution in [0.5, 0.6) is 0 Å². The van der Waals surface area contributed by atoms with Gasteiger partial charge < -0.3 is 14.5 Å². The predicted molar refractivity (Wildman–Crippen MR) is 58.7 cm³/mol. The number of nitrogens with one attached hydrogen (secondary N) is 1.